The molecule has 10 rings (SSSR count). The van der Waals surface area contributed by atoms with E-state index in [9.17, 15) is 0 Å². The van der Waals surface area contributed by atoms with Gasteiger partial charge in [0.2, 0.25) is 0 Å². The van der Waals surface area contributed by atoms with Crippen molar-refractivity contribution in [2.45, 2.75) is 87.4 Å². The predicted molar refractivity (Wildman–Crippen MR) is 280 cm³/mol. The van der Waals surface area contributed by atoms with Gasteiger partial charge in [0.25, 0.3) is 0 Å². The average molecular weight is 977 g/mol. The molecule has 0 radical (unpaired) electrons. The van der Waals surface area contributed by atoms with Crippen LogP contribution in [0.4, 0.5) is 0 Å². The zero-order valence-electron chi connectivity index (χ0n) is 38.9. The number of fused-ring (bicyclic) bond motifs is 6. The summed E-state index contributed by atoms with van der Waals surface area (Å²) < 4.78 is 0. The van der Waals surface area contributed by atoms with Crippen molar-refractivity contribution in [3.05, 3.63) is 244 Å². The maximum absolute atomic E-state index is 4.93. The Morgan fingerprint density at radius 1 is 0.585 bits per heavy atom. The van der Waals surface area contributed by atoms with Crippen LogP contribution in [0.2, 0.25) is 0 Å². The molecule has 6 unspecified atom stereocenters. The van der Waals surface area contributed by atoms with Gasteiger partial charge in [-0.2, -0.15) is 0 Å². The third kappa shape index (κ3) is 10.1. The van der Waals surface area contributed by atoms with Crippen LogP contribution in [-0.4, -0.2) is 0 Å². The van der Waals surface area contributed by atoms with E-state index < -0.39 is 20.8 Å². The number of hydrogen-bond acceptors (Lipinski definition) is 0. The molecule has 3 heteroatoms. The second kappa shape index (κ2) is 24.3. The van der Waals surface area contributed by atoms with Gasteiger partial charge in [-0.25, -0.2) is 0 Å². The van der Waals surface area contributed by atoms with Crippen LogP contribution in [0.15, 0.2) is 207 Å². The van der Waals surface area contributed by atoms with Gasteiger partial charge in [0.15, 0.2) is 0 Å². The van der Waals surface area contributed by atoms with Crippen molar-refractivity contribution in [1.29, 1.82) is 0 Å². The summed E-state index contributed by atoms with van der Waals surface area (Å²) >= 11 is -0.826. The van der Waals surface area contributed by atoms with Crippen molar-refractivity contribution in [3.8, 4) is 11.1 Å². The Labute approximate surface area is 412 Å². The van der Waals surface area contributed by atoms with Crippen LogP contribution in [0.5, 0.6) is 0 Å². The molecule has 2 saturated carbocycles. The Kier molecular flexibility index (Phi) is 19.0. The molecular formula is C62H70Cl2Zr. The summed E-state index contributed by atoms with van der Waals surface area (Å²) in [5, 5.41) is 0. The van der Waals surface area contributed by atoms with E-state index in [0.717, 1.165) is 38.0 Å². The van der Waals surface area contributed by atoms with Crippen LogP contribution in [-0.2, 0) is 31.7 Å². The molecule has 6 aliphatic rings. The number of allylic oxidation sites excluding steroid dienone is 14. The monoisotopic (exact) mass is 974 g/mol. The summed E-state index contributed by atoms with van der Waals surface area (Å²) in [7, 11) is 9.87. The number of rotatable bonds is 14. The Morgan fingerprint density at radius 2 is 1.05 bits per heavy atom. The van der Waals surface area contributed by atoms with Gasteiger partial charge in [-0.1, -0.05) is 201 Å². The third-order valence-corrected chi connectivity index (χ3v) is 15.6. The molecule has 0 N–H and O–H groups in total. The number of benzene rings is 4. The van der Waals surface area contributed by atoms with E-state index >= 15 is 0 Å². The Bertz CT molecular complexity index is 2250. The first-order chi connectivity index (χ1) is 31.1. The van der Waals surface area contributed by atoms with Crippen LogP contribution in [0, 0.1) is 50.4 Å². The summed E-state index contributed by atoms with van der Waals surface area (Å²) in [5.74, 6) is 4.36. The summed E-state index contributed by atoms with van der Waals surface area (Å²) in [6, 6.07) is 40.9. The van der Waals surface area contributed by atoms with Crippen LogP contribution < -0.4 is 0 Å². The van der Waals surface area contributed by atoms with Gasteiger partial charge >= 0.3 is 37.9 Å². The number of hydrogen-bond donors (Lipinski definition) is 0. The van der Waals surface area contributed by atoms with E-state index in [-0.39, 0.29) is 25.7 Å². The topological polar surface area (TPSA) is 0 Å². The molecule has 0 saturated heterocycles. The van der Waals surface area contributed by atoms with Crippen LogP contribution in [0.1, 0.15) is 98.8 Å². The average Bonchev–Trinajstić information content (AvgIpc) is 4.18. The van der Waals surface area contributed by atoms with Crippen LogP contribution in [0.3, 0.4) is 0 Å². The molecule has 0 heterocycles. The van der Waals surface area contributed by atoms with Crippen LogP contribution >= 0.6 is 17.0 Å². The first kappa shape index (κ1) is 50.7. The van der Waals surface area contributed by atoms with Gasteiger partial charge in [-0.05, 0) is 132 Å². The molecule has 4 aromatic carbocycles. The summed E-state index contributed by atoms with van der Waals surface area (Å²) in [4.78, 5) is 0. The first-order valence-corrected chi connectivity index (χ1v) is 30.0. The Morgan fingerprint density at radius 3 is 1.54 bits per heavy atom. The zero-order valence-corrected chi connectivity index (χ0v) is 42.9. The van der Waals surface area contributed by atoms with Crippen molar-refractivity contribution in [2.75, 3.05) is 0 Å². The summed E-state index contributed by atoms with van der Waals surface area (Å²) in [6.45, 7) is 8.03. The van der Waals surface area contributed by atoms with Crippen molar-refractivity contribution in [1.82, 2.24) is 0 Å². The van der Waals surface area contributed by atoms with Gasteiger partial charge in [0.1, 0.15) is 0 Å². The molecule has 2 fully saturated rings. The van der Waals surface area contributed by atoms with E-state index in [0.29, 0.717) is 35.5 Å². The molecule has 6 atom stereocenters. The quantitative estimate of drug-likeness (QED) is 0.0671. The number of unbranched alkanes of at least 4 members (excludes halogenated alkanes) is 2. The zero-order chi connectivity index (χ0) is 43.5. The molecule has 65 heavy (non-hydrogen) atoms. The second-order valence-corrected chi connectivity index (χ2v) is 22.2. The minimum absolute atomic E-state index is 0. The summed E-state index contributed by atoms with van der Waals surface area (Å²) in [5.41, 5.74) is 10.4. The summed E-state index contributed by atoms with van der Waals surface area (Å²) in [6.07, 6.45) is 44.3. The molecular weight excluding hydrogens is 907 g/mol. The Hall–Kier alpha value is -3.74. The Balaban J connectivity index is 0.000000198. The van der Waals surface area contributed by atoms with E-state index in [4.69, 9.17) is 17.0 Å². The molecule has 0 aromatic heterocycles. The molecule has 0 nitrogen and oxygen atoms in total. The van der Waals surface area contributed by atoms with Gasteiger partial charge < -0.3 is 14.9 Å². The second-order valence-electron chi connectivity index (χ2n) is 18.4. The van der Waals surface area contributed by atoms with Gasteiger partial charge in [0.05, 0.1) is 0 Å². The van der Waals surface area contributed by atoms with Gasteiger partial charge in [-0.3, -0.25) is 0 Å². The van der Waals surface area contributed by atoms with E-state index in [1.165, 1.54) is 71.9 Å². The number of halogens is 2. The minimum atomic E-state index is -0.826. The molecule has 0 bridgehead atoms. The fraction of sp³-hybridized carbons (Fsp3) is 0.323. The fourth-order valence-electron chi connectivity index (χ4n) is 13.3. The molecule has 0 spiro atoms. The molecule has 0 aliphatic heterocycles. The van der Waals surface area contributed by atoms with Crippen molar-refractivity contribution < 1.29 is 20.8 Å². The standard InChI is InChI=1S/C30H36.C30H28.2CH3.2ClH.Zr/c2*1-2-3-13-22-30(24-16-7-8-17-24,23-14-5-4-6-15-23)29-27-20-11-9-18-25(27)26-19-10-12-21-28(26)29;;;;;/h2,4-6,9-12,14-15,18-21,24-29H,1,3,7-8,13,16-17,22H2;2,4-7,9-12,14-21,29H,1,3,8,13,22H2;2*1H3;2*1H;/q;;2*-1;;;+4/p-2. The van der Waals surface area contributed by atoms with Crippen LogP contribution in [0.25, 0.3) is 11.1 Å². The molecule has 336 valence electrons. The first-order valence-electron chi connectivity index (χ1n) is 23.7. The maximum atomic E-state index is 4.93. The third-order valence-electron chi connectivity index (χ3n) is 15.6. The van der Waals surface area contributed by atoms with E-state index in [1.807, 2.05) is 0 Å². The van der Waals surface area contributed by atoms with Gasteiger partial charge in [0, 0.05) is 16.7 Å². The molecule has 6 aliphatic carbocycles. The fourth-order valence-corrected chi connectivity index (χ4v) is 13.3. The van der Waals surface area contributed by atoms with Gasteiger partial charge in [-0.15, -0.1) is 13.2 Å². The molecule has 4 aromatic rings. The normalized spacial score (nSPS) is 23.5. The molecule has 0 amide bonds. The van der Waals surface area contributed by atoms with E-state index in [1.54, 1.807) is 5.56 Å². The van der Waals surface area contributed by atoms with Crippen molar-refractivity contribution >= 4 is 17.0 Å². The predicted octanol–water partition coefficient (Wildman–Crippen LogP) is 18.1. The van der Waals surface area contributed by atoms with Crippen molar-refractivity contribution in [2.24, 2.45) is 35.5 Å². The SMILES string of the molecule is C=CCCCC(C1=CCC=C1)(c1ccccc1)C1c2ccccc2-c2ccccc21.C=CCCCC(c1ccccc1)(C1CCCC1)C1C2C=CC=CC2C2C=CC=CC21.[CH3-].[CH3-].[Cl][Zr+2][Cl]. The van der Waals surface area contributed by atoms with E-state index in [2.05, 4.69) is 201 Å². The van der Waals surface area contributed by atoms with Crippen molar-refractivity contribution in [3.63, 3.8) is 0 Å².